The Kier molecular flexibility index (Phi) is 1.94. The van der Waals surface area contributed by atoms with E-state index in [4.69, 9.17) is 4.74 Å². The summed E-state index contributed by atoms with van der Waals surface area (Å²) in [5.41, 5.74) is 0.173. The number of hydrogen-bond donors (Lipinski definition) is 1. The maximum absolute atomic E-state index is 9.86. The molecule has 1 aromatic carbocycles. The smallest absolute Gasteiger partial charge is 0.136 e. The van der Waals surface area contributed by atoms with Crippen LogP contribution in [0.3, 0.4) is 0 Å². The van der Waals surface area contributed by atoms with E-state index in [-0.39, 0.29) is 0 Å². The lowest BCUT2D eigenvalue weighted by Gasteiger charge is -2.36. The molecular formula is C9H9BrO2. The van der Waals surface area contributed by atoms with Crippen LogP contribution in [0.15, 0.2) is 28.7 Å². The first-order valence-electron chi connectivity index (χ1n) is 3.77. The van der Waals surface area contributed by atoms with Crippen molar-refractivity contribution in [1.82, 2.24) is 0 Å². The summed E-state index contributed by atoms with van der Waals surface area (Å²) in [6.07, 6.45) is 0. The van der Waals surface area contributed by atoms with Crippen LogP contribution in [0.25, 0.3) is 0 Å². The van der Waals surface area contributed by atoms with Gasteiger partial charge in [-0.2, -0.15) is 0 Å². The van der Waals surface area contributed by atoms with Crippen molar-refractivity contribution in [3.63, 3.8) is 0 Å². The predicted octanol–water partition coefficient (Wildman–Crippen LogP) is 1.67. The largest absolute Gasteiger partial charge is 0.380 e. The van der Waals surface area contributed by atoms with Gasteiger partial charge in [-0.3, -0.25) is 0 Å². The molecule has 0 aliphatic carbocycles. The van der Waals surface area contributed by atoms with Crippen LogP contribution in [0.1, 0.15) is 5.56 Å². The molecule has 3 heteroatoms. The van der Waals surface area contributed by atoms with Gasteiger partial charge in [0.15, 0.2) is 0 Å². The minimum Gasteiger partial charge on any atom is -0.380 e. The number of halogens is 1. The van der Waals surface area contributed by atoms with Gasteiger partial charge in [0.2, 0.25) is 0 Å². The lowest BCUT2D eigenvalue weighted by Crippen LogP contribution is -2.46. The second kappa shape index (κ2) is 2.83. The highest BCUT2D eigenvalue weighted by Crippen LogP contribution is 2.30. The number of ether oxygens (including phenoxy) is 1. The Labute approximate surface area is 79.3 Å². The number of aliphatic hydroxyl groups is 1. The second-order valence-corrected chi connectivity index (χ2v) is 3.95. The summed E-state index contributed by atoms with van der Waals surface area (Å²) >= 11 is 3.36. The third-order valence-electron chi connectivity index (χ3n) is 2.04. The molecule has 0 aromatic heterocycles. The minimum atomic E-state index is -0.746. The van der Waals surface area contributed by atoms with E-state index in [0.29, 0.717) is 13.2 Å². The molecule has 0 unspecified atom stereocenters. The van der Waals surface area contributed by atoms with Crippen molar-refractivity contribution in [1.29, 1.82) is 0 Å². The normalized spacial score (nSPS) is 20.2. The van der Waals surface area contributed by atoms with Crippen LogP contribution in [0, 0.1) is 0 Å². The first-order chi connectivity index (χ1) is 5.71. The third kappa shape index (κ3) is 1.28. The Morgan fingerprint density at radius 1 is 1.42 bits per heavy atom. The van der Waals surface area contributed by atoms with Gasteiger partial charge in [-0.1, -0.05) is 28.1 Å². The van der Waals surface area contributed by atoms with Gasteiger partial charge in [0, 0.05) is 4.47 Å². The minimum absolute atomic E-state index is 0.406. The number of rotatable bonds is 1. The first-order valence-corrected chi connectivity index (χ1v) is 4.56. The van der Waals surface area contributed by atoms with E-state index in [1.807, 2.05) is 24.3 Å². The molecule has 0 radical (unpaired) electrons. The maximum atomic E-state index is 9.86. The molecule has 1 saturated heterocycles. The van der Waals surface area contributed by atoms with E-state index >= 15 is 0 Å². The van der Waals surface area contributed by atoms with E-state index in [1.165, 1.54) is 0 Å². The monoisotopic (exact) mass is 228 g/mol. The number of benzene rings is 1. The van der Waals surface area contributed by atoms with Gasteiger partial charge in [0.25, 0.3) is 0 Å². The molecule has 0 atom stereocenters. The molecule has 2 rings (SSSR count). The van der Waals surface area contributed by atoms with E-state index in [2.05, 4.69) is 15.9 Å². The molecule has 0 amide bonds. The molecular weight excluding hydrogens is 220 g/mol. The standard InChI is InChI=1S/C9H9BrO2/c10-8-3-1-2-7(4-8)9(11)5-12-6-9/h1-4,11H,5-6H2. The van der Waals surface area contributed by atoms with Crippen LogP contribution in [0.5, 0.6) is 0 Å². The van der Waals surface area contributed by atoms with Gasteiger partial charge in [0.05, 0.1) is 13.2 Å². The summed E-state index contributed by atoms with van der Waals surface area (Å²) in [5.74, 6) is 0. The molecule has 1 aromatic rings. The maximum Gasteiger partial charge on any atom is 0.136 e. The molecule has 2 nitrogen and oxygen atoms in total. The molecule has 1 fully saturated rings. The molecule has 0 bridgehead atoms. The van der Waals surface area contributed by atoms with Gasteiger partial charge in [-0.05, 0) is 17.7 Å². The van der Waals surface area contributed by atoms with E-state index in [1.54, 1.807) is 0 Å². The Morgan fingerprint density at radius 3 is 2.67 bits per heavy atom. The average molecular weight is 229 g/mol. The third-order valence-corrected chi connectivity index (χ3v) is 2.54. The molecule has 12 heavy (non-hydrogen) atoms. The van der Waals surface area contributed by atoms with E-state index in [0.717, 1.165) is 10.0 Å². The van der Waals surface area contributed by atoms with Crippen LogP contribution >= 0.6 is 15.9 Å². The molecule has 1 aliphatic rings. The summed E-state index contributed by atoms with van der Waals surface area (Å²) in [6.45, 7) is 0.812. The highest BCUT2D eigenvalue weighted by Gasteiger charge is 2.37. The van der Waals surface area contributed by atoms with Crippen molar-refractivity contribution in [2.24, 2.45) is 0 Å². The molecule has 1 aliphatic heterocycles. The summed E-state index contributed by atoms with van der Waals surface area (Å²) < 4.78 is 5.95. The van der Waals surface area contributed by atoms with Crippen molar-refractivity contribution in [2.75, 3.05) is 13.2 Å². The zero-order chi connectivity index (χ0) is 8.60. The summed E-state index contributed by atoms with van der Waals surface area (Å²) in [6, 6.07) is 7.68. The average Bonchev–Trinajstić information content (AvgIpc) is 2.00. The second-order valence-electron chi connectivity index (χ2n) is 3.03. The van der Waals surface area contributed by atoms with Crippen LogP contribution in [0.2, 0.25) is 0 Å². The van der Waals surface area contributed by atoms with Crippen molar-refractivity contribution in [2.45, 2.75) is 5.60 Å². The number of hydrogen-bond acceptors (Lipinski definition) is 2. The zero-order valence-electron chi connectivity index (χ0n) is 6.46. The highest BCUT2D eigenvalue weighted by molar-refractivity contribution is 9.10. The van der Waals surface area contributed by atoms with E-state index in [9.17, 15) is 5.11 Å². The van der Waals surface area contributed by atoms with Crippen molar-refractivity contribution in [3.05, 3.63) is 34.3 Å². The fraction of sp³-hybridized carbons (Fsp3) is 0.333. The molecule has 1 N–H and O–H groups in total. The Hall–Kier alpha value is -0.380. The quantitative estimate of drug-likeness (QED) is 0.793. The lowest BCUT2D eigenvalue weighted by molar-refractivity contribution is -0.184. The van der Waals surface area contributed by atoms with Crippen LogP contribution in [-0.2, 0) is 10.3 Å². The fourth-order valence-corrected chi connectivity index (χ4v) is 1.64. The first kappa shape index (κ1) is 8.23. The Balaban J connectivity index is 2.33. The van der Waals surface area contributed by atoms with Crippen LogP contribution in [-0.4, -0.2) is 18.3 Å². The topological polar surface area (TPSA) is 29.5 Å². The predicted molar refractivity (Wildman–Crippen MR) is 48.9 cm³/mol. The highest BCUT2D eigenvalue weighted by atomic mass is 79.9. The molecule has 64 valence electrons. The molecule has 0 saturated carbocycles. The van der Waals surface area contributed by atoms with Crippen molar-refractivity contribution >= 4 is 15.9 Å². The SMILES string of the molecule is OC1(c2cccc(Br)c2)COC1. The van der Waals surface area contributed by atoms with Crippen LogP contribution < -0.4 is 0 Å². The fourth-order valence-electron chi connectivity index (χ4n) is 1.24. The van der Waals surface area contributed by atoms with Crippen molar-refractivity contribution in [3.8, 4) is 0 Å². The van der Waals surface area contributed by atoms with Gasteiger partial charge >= 0.3 is 0 Å². The van der Waals surface area contributed by atoms with Gasteiger partial charge in [-0.15, -0.1) is 0 Å². The summed E-state index contributed by atoms with van der Waals surface area (Å²) in [7, 11) is 0. The summed E-state index contributed by atoms with van der Waals surface area (Å²) in [5, 5.41) is 9.86. The summed E-state index contributed by atoms with van der Waals surface area (Å²) in [4.78, 5) is 0. The Bertz CT molecular complexity index is 294. The van der Waals surface area contributed by atoms with E-state index < -0.39 is 5.60 Å². The van der Waals surface area contributed by atoms with Gasteiger partial charge < -0.3 is 9.84 Å². The van der Waals surface area contributed by atoms with Crippen molar-refractivity contribution < 1.29 is 9.84 Å². The van der Waals surface area contributed by atoms with Gasteiger partial charge in [-0.25, -0.2) is 0 Å². The lowest BCUT2D eigenvalue weighted by atomic mass is 9.92. The zero-order valence-corrected chi connectivity index (χ0v) is 8.04. The molecule has 1 heterocycles. The Morgan fingerprint density at radius 2 is 2.17 bits per heavy atom. The molecule has 0 spiro atoms. The van der Waals surface area contributed by atoms with Gasteiger partial charge in [0.1, 0.15) is 5.60 Å². The van der Waals surface area contributed by atoms with Crippen LogP contribution in [0.4, 0.5) is 0 Å².